The number of amides is 1. The van der Waals surface area contributed by atoms with E-state index >= 15 is 0 Å². The first-order valence-electron chi connectivity index (χ1n) is 8.61. The van der Waals surface area contributed by atoms with Gasteiger partial charge in [0, 0.05) is 23.5 Å². The SMILES string of the molecule is CC(C)(C)N(C=Nc1cc(F)c(Cn2ccc3ncccc32)c(Cl)c1)C(=O)O. The molecule has 3 aromatic rings. The molecule has 0 saturated carbocycles. The lowest BCUT2D eigenvalue weighted by molar-refractivity contribution is 0.143. The summed E-state index contributed by atoms with van der Waals surface area (Å²) < 4.78 is 16.6. The number of halogens is 2. The van der Waals surface area contributed by atoms with E-state index < -0.39 is 17.4 Å². The van der Waals surface area contributed by atoms with Gasteiger partial charge in [-0.15, -0.1) is 0 Å². The van der Waals surface area contributed by atoms with Crippen LogP contribution in [0.5, 0.6) is 0 Å². The number of hydrogen-bond donors (Lipinski definition) is 1. The van der Waals surface area contributed by atoms with Crippen molar-refractivity contribution in [1.82, 2.24) is 14.5 Å². The molecule has 0 aliphatic heterocycles. The molecule has 3 rings (SSSR count). The average Bonchev–Trinajstić information content (AvgIpc) is 3.00. The summed E-state index contributed by atoms with van der Waals surface area (Å²) in [5, 5.41) is 9.52. The maximum Gasteiger partial charge on any atom is 0.413 e. The predicted molar refractivity (Wildman–Crippen MR) is 108 cm³/mol. The van der Waals surface area contributed by atoms with Crippen molar-refractivity contribution in [3.8, 4) is 0 Å². The second-order valence-corrected chi connectivity index (χ2v) is 7.71. The molecular weight excluding hydrogens is 383 g/mol. The zero-order valence-electron chi connectivity index (χ0n) is 15.7. The molecule has 8 heteroatoms. The molecule has 0 atom stereocenters. The number of rotatable bonds is 4. The standard InChI is InChI=1S/C20H20ClFN4O2/c1-20(2,3)26(19(27)28)12-24-13-9-15(21)14(16(22)10-13)11-25-8-6-17-18(25)5-4-7-23-17/h4-10,12H,11H2,1-3H3,(H,27,28). The highest BCUT2D eigenvalue weighted by molar-refractivity contribution is 6.31. The number of aliphatic imine (C=N–C) groups is 1. The lowest BCUT2D eigenvalue weighted by Gasteiger charge is -2.28. The predicted octanol–water partition coefficient (Wildman–Crippen LogP) is 5.32. The average molecular weight is 403 g/mol. The van der Waals surface area contributed by atoms with Crippen LogP contribution >= 0.6 is 11.6 Å². The fraction of sp³-hybridized carbons (Fsp3) is 0.250. The summed E-state index contributed by atoms with van der Waals surface area (Å²) in [5.41, 5.74) is 1.58. The van der Waals surface area contributed by atoms with Gasteiger partial charge in [0.15, 0.2) is 0 Å². The summed E-state index contributed by atoms with van der Waals surface area (Å²) in [6.45, 7) is 5.45. The van der Waals surface area contributed by atoms with Gasteiger partial charge in [0.1, 0.15) is 12.2 Å². The maximum absolute atomic E-state index is 14.7. The Morgan fingerprint density at radius 3 is 2.79 bits per heavy atom. The molecule has 6 nitrogen and oxygen atoms in total. The first-order chi connectivity index (χ1) is 13.2. The number of fused-ring (bicyclic) bond motifs is 1. The van der Waals surface area contributed by atoms with E-state index in [1.54, 1.807) is 27.0 Å². The van der Waals surface area contributed by atoms with Crippen LogP contribution in [0, 0.1) is 5.82 Å². The molecule has 0 radical (unpaired) electrons. The Kier molecular flexibility index (Phi) is 5.38. The van der Waals surface area contributed by atoms with Crippen molar-refractivity contribution in [2.24, 2.45) is 4.99 Å². The monoisotopic (exact) mass is 402 g/mol. The maximum atomic E-state index is 14.7. The molecule has 0 spiro atoms. The normalized spacial score (nSPS) is 12.0. The molecule has 28 heavy (non-hydrogen) atoms. The third-order valence-electron chi connectivity index (χ3n) is 4.24. The van der Waals surface area contributed by atoms with Crippen LogP contribution in [0.1, 0.15) is 26.3 Å². The van der Waals surface area contributed by atoms with Crippen LogP contribution in [0.4, 0.5) is 14.9 Å². The Hall–Kier alpha value is -2.93. The van der Waals surface area contributed by atoms with Gasteiger partial charge >= 0.3 is 6.09 Å². The second-order valence-electron chi connectivity index (χ2n) is 7.31. The lowest BCUT2D eigenvalue weighted by Crippen LogP contribution is -2.43. The van der Waals surface area contributed by atoms with Crippen molar-refractivity contribution in [1.29, 1.82) is 0 Å². The van der Waals surface area contributed by atoms with Crippen molar-refractivity contribution in [3.63, 3.8) is 0 Å². The van der Waals surface area contributed by atoms with Crippen LogP contribution in [0.15, 0.2) is 47.7 Å². The van der Waals surface area contributed by atoms with Crippen LogP contribution in [0.25, 0.3) is 11.0 Å². The molecule has 1 amide bonds. The van der Waals surface area contributed by atoms with E-state index in [0.29, 0.717) is 5.56 Å². The van der Waals surface area contributed by atoms with E-state index in [9.17, 15) is 14.3 Å². The van der Waals surface area contributed by atoms with Crippen LogP contribution < -0.4 is 0 Å². The van der Waals surface area contributed by atoms with Crippen molar-refractivity contribution < 1.29 is 14.3 Å². The molecule has 0 unspecified atom stereocenters. The topological polar surface area (TPSA) is 70.7 Å². The van der Waals surface area contributed by atoms with Gasteiger partial charge in [0.2, 0.25) is 0 Å². The van der Waals surface area contributed by atoms with Crippen LogP contribution in [-0.4, -0.2) is 37.5 Å². The van der Waals surface area contributed by atoms with Crippen molar-refractivity contribution in [2.45, 2.75) is 32.9 Å². The Bertz CT molecular complexity index is 1030. The fourth-order valence-electron chi connectivity index (χ4n) is 2.78. The summed E-state index contributed by atoms with van der Waals surface area (Å²) in [6, 6.07) is 8.33. The fourth-order valence-corrected chi connectivity index (χ4v) is 3.04. The van der Waals surface area contributed by atoms with Gasteiger partial charge in [-0.1, -0.05) is 11.6 Å². The number of benzene rings is 1. The molecular formula is C20H20ClFN4O2. The molecule has 2 heterocycles. The molecule has 1 N–H and O–H groups in total. The minimum Gasteiger partial charge on any atom is -0.465 e. The van der Waals surface area contributed by atoms with E-state index in [-0.39, 0.29) is 17.3 Å². The van der Waals surface area contributed by atoms with E-state index in [1.165, 1.54) is 12.1 Å². The zero-order valence-corrected chi connectivity index (χ0v) is 16.5. The molecule has 146 valence electrons. The van der Waals surface area contributed by atoms with E-state index in [2.05, 4.69) is 9.98 Å². The molecule has 2 aromatic heterocycles. The van der Waals surface area contributed by atoms with Crippen LogP contribution in [0.2, 0.25) is 5.02 Å². The minimum absolute atomic E-state index is 0.218. The molecule has 0 bridgehead atoms. The zero-order chi connectivity index (χ0) is 20.5. The van der Waals surface area contributed by atoms with Crippen molar-refractivity contribution in [3.05, 3.63) is 59.1 Å². The van der Waals surface area contributed by atoms with E-state index in [1.807, 2.05) is 29.0 Å². The summed E-state index contributed by atoms with van der Waals surface area (Å²) in [5.74, 6) is -0.511. The van der Waals surface area contributed by atoms with Crippen molar-refractivity contribution in [2.75, 3.05) is 0 Å². The van der Waals surface area contributed by atoms with E-state index in [0.717, 1.165) is 22.3 Å². The molecule has 0 aliphatic rings. The van der Waals surface area contributed by atoms with Gasteiger partial charge in [-0.05, 0) is 51.1 Å². The number of carbonyl (C=O) groups is 1. The highest BCUT2D eigenvalue weighted by atomic mass is 35.5. The van der Waals surface area contributed by atoms with Crippen molar-refractivity contribution >= 4 is 40.8 Å². The van der Waals surface area contributed by atoms with Crippen LogP contribution in [-0.2, 0) is 6.54 Å². The first-order valence-corrected chi connectivity index (χ1v) is 8.99. The smallest absolute Gasteiger partial charge is 0.413 e. The highest BCUT2D eigenvalue weighted by Crippen LogP contribution is 2.28. The summed E-state index contributed by atoms with van der Waals surface area (Å²) >= 11 is 6.30. The minimum atomic E-state index is -1.15. The van der Waals surface area contributed by atoms with Crippen LogP contribution in [0.3, 0.4) is 0 Å². The number of hydrogen-bond acceptors (Lipinski definition) is 3. The third kappa shape index (κ3) is 4.14. The third-order valence-corrected chi connectivity index (χ3v) is 4.58. The number of pyridine rings is 1. The first kappa shape index (κ1) is 19.8. The second kappa shape index (κ2) is 7.59. The summed E-state index contributed by atoms with van der Waals surface area (Å²) in [7, 11) is 0. The highest BCUT2D eigenvalue weighted by Gasteiger charge is 2.24. The molecule has 1 aromatic carbocycles. The number of aromatic nitrogens is 2. The summed E-state index contributed by atoms with van der Waals surface area (Å²) in [6.07, 6.45) is 3.55. The van der Waals surface area contributed by atoms with Gasteiger partial charge in [0.25, 0.3) is 0 Å². The van der Waals surface area contributed by atoms with Gasteiger partial charge in [-0.25, -0.2) is 14.2 Å². The largest absolute Gasteiger partial charge is 0.465 e. The number of carboxylic acid groups (broad SMARTS) is 1. The Morgan fingerprint density at radius 1 is 1.39 bits per heavy atom. The Balaban J connectivity index is 1.89. The quantitative estimate of drug-likeness (QED) is 0.474. The van der Waals surface area contributed by atoms with E-state index in [4.69, 9.17) is 11.6 Å². The molecule has 0 aliphatic carbocycles. The molecule has 0 fully saturated rings. The van der Waals surface area contributed by atoms with Gasteiger partial charge in [-0.2, -0.15) is 0 Å². The number of nitrogens with zero attached hydrogens (tertiary/aromatic N) is 4. The molecule has 0 saturated heterocycles. The van der Waals surface area contributed by atoms with Gasteiger partial charge in [0.05, 0.1) is 28.3 Å². The Labute approximate surface area is 166 Å². The summed E-state index contributed by atoms with van der Waals surface area (Å²) in [4.78, 5) is 20.8. The van der Waals surface area contributed by atoms with Gasteiger partial charge < -0.3 is 9.67 Å². The Morgan fingerprint density at radius 2 is 2.14 bits per heavy atom. The lowest BCUT2D eigenvalue weighted by atomic mass is 10.1. The van der Waals surface area contributed by atoms with Gasteiger partial charge in [-0.3, -0.25) is 9.88 Å².